The fourth-order valence-corrected chi connectivity index (χ4v) is 1.41. The lowest BCUT2D eigenvalue weighted by atomic mass is 10.1. The van der Waals surface area contributed by atoms with Gasteiger partial charge in [0.25, 0.3) is 0 Å². The normalized spacial score (nSPS) is 10.2. The SMILES string of the molecule is Cc1cc(=O)oc(Cc2ccccc2)n1. The fraction of sp³-hybridized carbons (Fsp3) is 0.167. The van der Waals surface area contributed by atoms with Crippen molar-refractivity contribution in [1.82, 2.24) is 4.98 Å². The zero-order valence-electron chi connectivity index (χ0n) is 8.43. The van der Waals surface area contributed by atoms with Crippen molar-refractivity contribution in [2.75, 3.05) is 0 Å². The molecular formula is C12H11NO2. The maximum atomic E-state index is 11.1. The van der Waals surface area contributed by atoms with E-state index in [9.17, 15) is 4.79 Å². The second-order valence-corrected chi connectivity index (χ2v) is 3.37. The van der Waals surface area contributed by atoms with E-state index in [2.05, 4.69) is 4.98 Å². The first-order chi connectivity index (χ1) is 7.24. The van der Waals surface area contributed by atoms with E-state index < -0.39 is 0 Å². The Morgan fingerprint density at radius 3 is 2.67 bits per heavy atom. The topological polar surface area (TPSA) is 43.1 Å². The molecule has 0 amide bonds. The number of aryl methyl sites for hydroxylation is 1. The molecule has 15 heavy (non-hydrogen) atoms. The minimum absolute atomic E-state index is 0.339. The summed E-state index contributed by atoms with van der Waals surface area (Å²) < 4.78 is 5.00. The number of nitrogens with zero attached hydrogens (tertiary/aromatic N) is 1. The fourth-order valence-electron chi connectivity index (χ4n) is 1.41. The molecule has 3 heteroatoms. The highest BCUT2D eigenvalue weighted by Gasteiger charge is 2.01. The lowest BCUT2D eigenvalue weighted by Gasteiger charge is -1.99. The average Bonchev–Trinajstić information content (AvgIpc) is 2.17. The van der Waals surface area contributed by atoms with Crippen molar-refractivity contribution < 1.29 is 4.42 Å². The Kier molecular flexibility index (Phi) is 2.63. The molecule has 0 aliphatic heterocycles. The molecule has 1 heterocycles. The van der Waals surface area contributed by atoms with E-state index in [0.29, 0.717) is 18.0 Å². The Morgan fingerprint density at radius 1 is 1.27 bits per heavy atom. The van der Waals surface area contributed by atoms with Gasteiger partial charge in [-0.25, -0.2) is 9.78 Å². The van der Waals surface area contributed by atoms with Gasteiger partial charge in [-0.15, -0.1) is 0 Å². The molecule has 0 aliphatic carbocycles. The van der Waals surface area contributed by atoms with Crippen LogP contribution >= 0.6 is 0 Å². The van der Waals surface area contributed by atoms with E-state index in [0.717, 1.165) is 5.56 Å². The van der Waals surface area contributed by atoms with Crippen molar-refractivity contribution in [2.24, 2.45) is 0 Å². The van der Waals surface area contributed by atoms with Crippen molar-refractivity contribution in [3.05, 3.63) is 64.0 Å². The van der Waals surface area contributed by atoms with E-state index in [4.69, 9.17) is 4.42 Å². The molecule has 76 valence electrons. The Morgan fingerprint density at radius 2 is 2.00 bits per heavy atom. The van der Waals surface area contributed by atoms with Gasteiger partial charge in [0, 0.05) is 18.2 Å². The quantitative estimate of drug-likeness (QED) is 0.745. The standard InChI is InChI=1S/C12H11NO2/c1-9-7-12(14)15-11(13-9)8-10-5-3-2-4-6-10/h2-7H,8H2,1H3. The molecule has 0 radical (unpaired) electrons. The van der Waals surface area contributed by atoms with Crippen LogP contribution in [0.15, 0.2) is 45.6 Å². The maximum absolute atomic E-state index is 11.1. The second kappa shape index (κ2) is 4.09. The lowest BCUT2D eigenvalue weighted by Crippen LogP contribution is -2.04. The van der Waals surface area contributed by atoms with Crippen molar-refractivity contribution in [1.29, 1.82) is 0 Å². The smallest absolute Gasteiger partial charge is 0.339 e. The van der Waals surface area contributed by atoms with Crippen LogP contribution in [0.3, 0.4) is 0 Å². The number of hydrogen-bond acceptors (Lipinski definition) is 3. The first-order valence-corrected chi connectivity index (χ1v) is 4.75. The molecule has 0 bridgehead atoms. The number of rotatable bonds is 2. The van der Waals surface area contributed by atoms with Crippen LogP contribution in [0.25, 0.3) is 0 Å². The molecule has 2 rings (SSSR count). The van der Waals surface area contributed by atoms with Crippen LogP contribution in [0.1, 0.15) is 17.1 Å². The Labute approximate surface area is 87.4 Å². The molecule has 2 aromatic rings. The third-order valence-electron chi connectivity index (χ3n) is 2.04. The van der Waals surface area contributed by atoms with Crippen LogP contribution in [-0.4, -0.2) is 4.98 Å². The Bertz CT molecular complexity index is 503. The molecular weight excluding hydrogens is 190 g/mol. The van der Waals surface area contributed by atoms with Crippen LogP contribution in [0.4, 0.5) is 0 Å². The first-order valence-electron chi connectivity index (χ1n) is 4.75. The highest BCUT2D eigenvalue weighted by molar-refractivity contribution is 5.18. The summed E-state index contributed by atoms with van der Waals surface area (Å²) in [6.07, 6.45) is 0.553. The number of benzene rings is 1. The summed E-state index contributed by atoms with van der Waals surface area (Å²) in [6, 6.07) is 11.2. The van der Waals surface area contributed by atoms with Gasteiger partial charge in [-0.05, 0) is 12.5 Å². The monoisotopic (exact) mass is 201 g/mol. The van der Waals surface area contributed by atoms with E-state index >= 15 is 0 Å². The van der Waals surface area contributed by atoms with Gasteiger partial charge in [-0.1, -0.05) is 30.3 Å². The van der Waals surface area contributed by atoms with E-state index in [1.54, 1.807) is 6.92 Å². The molecule has 0 saturated carbocycles. The molecule has 0 fully saturated rings. The van der Waals surface area contributed by atoms with Crippen molar-refractivity contribution >= 4 is 0 Å². The van der Waals surface area contributed by atoms with Gasteiger partial charge < -0.3 is 4.42 Å². The summed E-state index contributed by atoms with van der Waals surface area (Å²) >= 11 is 0. The molecule has 3 nitrogen and oxygen atoms in total. The minimum Gasteiger partial charge on any atom is -0.408 e. The van der Waals surface area contributed by atoms with Gasteiger partial charge in [0.1, 0.15) is 0 Å². The summed E-state index contributed by atoms with van der Waals surface area (Å²) in [5, 5.41) is 0. The summed E-state index contributed by atoms with van der Waals surface area (Å²) in [5.74, 6) is 0.464. The molecule has 0 spiro atoms. The summed E-state index contributed by atoms with van der Waals surface area (Å²) in [7, 11) is 0. The van der Waals surface area contributed by atoms with Crippen molar-refractivity contribution in [2.45, 2.75) is 13.3 Å². The molecule has 1 aromatic carbocycles. The summed E-state index contributed by atoms with van der Waals surface area (Å²) in [4.78, 5) is 15.3. The number of aromatic nitrogens is 1. The van der Waals surface area contributed by atoms with Crippen LogP contribution in [0.2, 0.25) is 0 Å². The van der Waals surface area contributed by atoms with Crippen LogP contribution < -0.4 is 5.63 Å². The van der Waals surface area contributed by atoms with E-state index in [1.807, 2.05) is 30.3 Å². The average molecular weight is 201 g/mol. The summed E-state index contributed by atoms with van der Waals surface area (Å²) in [5.41, 5.74) is 1.43. The molecule has 0 atom stereocenters. The third-order valence-corrected chi connectivity index (χ3v) is 2.04. The van der Waals surface area contributed by atoms with Gasteiger partial charge in [0.15, 0.2) is 0 Å². The highest BCUT2D eigenvalue weighted by atomic mass is 16.4. The van der Waals surface area contributed by atoms with Gasteiger partial charge in [0.05, 0.1) is 0 Å². The molecule has 1 aromatic heterocycles. The van der Waals surface area contributed by atoms with Crippen LogP contribution in [0, 0.1) is 6.92 Å². The molecule has 0 aliphatic rings. The summed E-state index contributed by atoms with van der Waals surface area (Å²) in [6.45, 7) is 1.78. The minimum atomic E-state index is -0.339. The predicted molar refractivity (Wildman–Crippen MR) is 56.8 cm³/mol. The van der Waals surface area contributed by atoms with Crippen molar-refractivity contribution in [3.63, 3.8) is 0 Å². The van der Waals surface area contributed by atoms with Gasteiger partial charge in [-0.3, -0.25) is 0 Å². The zero-order valence-corrected chi connectivity index (χ0v) is 8.43. The van der Waals surface area contributed by atoms with Crippen molar-refractivity contribution in [3.8, 4) is 0 Å². The maximum Gasteiger partial charge on any atom is 0.339 e. The van der Waals surface area contributed by atoms with Gasteiger partial charge in [0.2, 0.25) is 5.89 Å². The number of hydrogen-bond donors (Lipinski definition) is 0. The Hall–Kier alpha value is -1.90. The van der Waals surface area contributed by atoms with Gasteiger partial charge in [-0.2, -0.15) is 0 Å². The molecule has 0 saturated heterocycles. The van der Waals surface area contributed by atoms with Gasteiger partial charge >= 0.3 is 5.63 Å². The van der Waals surface area contributed by atoms with Crippen LogP contribution in [-0.2, 0) is 6.42 Å². The second-order valence-electron chi connectivity index (χ2n) is 3.37. The zero-order chi connectivity index (χ0) is 10.7. The first kappa shape index (κ1) is 9.65. The van der Waals surface area contributed by atoms with E-state index in [-0.39, 0.29) is 5.63 Å². The van der Waals surface area contributed by atoms with E-state index in [1.165, 1.54) is 6.07 Å². The largest absolute Gasteiger partial charge is 0.408 e. The molecule has 0 unspecified atom stereocenters. The van der Waals surface area contributed by atoms with Crippen LogP contribution in [0.5, 0.6) is 0 Å². The lowest BCUT2D eigenvalue weighted by molar-refractivity contribution is 0.441. The third kappa shape index (κ3) is 2.53. The molecule has 0 N–H and O–H groups in total. The highest BCUT2D eigenvalue weighted by Crippen LogP contribution is 2.05. The Balaban J connectivity index is 2.29. The predicted octanol–water partition coefficient (Wildman–Crippen LogP) is 1.93.